The van der Waals surface area contributed by atoms with Crippen molar-refractivity contribution in [2.75, 3.05) is 0 Å². The van der Waals surface area contributed by atoms with E-state index in [1.807, 2.05) is 0 Å². The van der Waals surface area contributed by atoms with Gasteiger partial charge in [0.25, 0.3) is 0 Å². The summed E-state index contributed by atoms with van der Waals surface area (Å²) in [4.78, 5) is 0. The molecule has 1 aliphatic carbocycles. The van der Waals surface area contributed by atoms with E-state index in [0.717, 1.165) is 25.2 Å². The molecule has 20 heavy (non-hydrogen) atoms. The van der Waals surface area contributed by atoms with Gasteiger partial charge in [0.15, 0.2) is 0 Å². The third-order valence-corrected chi connectivity index (χ3v) is 5.21. The first-order chi connectivity index (χ1) is 9.46. The van der Waals surface area contributed by atoms with Crippen LogP contribution in [0.4, 0.5) is 0 Å². The fraction of sp³-hybridized carbons (Fsp3) is 0.684. The second-order valence-electron chi connectivity index (χ2n) is 6.87. The lowest BCUT2D eigenvalue weighted by molar-refractivity contribution is 0.0189. The van der Waals surface area contributed by atoms with E-state index in [2.05, 4.69) is 39.8 Å². The van der Waals surface area contributed by atoms with E-state index in [4.69, 9.17) is 0 Å². The van der Waals surface area contributed by atoms with Crippen LogP contribution in [0.5, 0.6) is 0 Å². The van der Waals surface area contributed by atoms with Gasteiger partial charge >= 0.3 is 0 Å². The second kappa shape index (κ2) is 6.30. The summed E-state index contributed by atoms with van der Waals surface area (Å²) in [5.41, 5.74) is 4.47. The van der Waals surface area contributed by atoms with E-state index < -0.39 is 5.60 Å². The molecular formula is C19H30O. The summed E-state index contributed by atoms with van der Waals surface area (Å²) in [6, 6.07) is 4.46. The van der Waals surface area contributed by atoms with Crippen molar-refractivity contribution in [1.29, 1.82) is 0 Å². The van der Waals surface area contributed by atoms with Crippen molar-refractivity contribution in [3.05, 3.63) is 34.4 Å². The number of benzene rings is 1. The van der Waals surface area contributed by atoms with Gasteiger partial charge in [0.05, 0.1) is 5.60 Å². The summed E-state index contributed by atoms with van der Waals surface area (Å²) in [5.74, 6) is 0.820. The fourth-order valence-electron chi connectivity index (χ4n) is 3.82. The van der Waals surface area contributed by atoms with Crippen LogP contribution in [0.15, 0.2) is 12.1 Å². The van der Waals surface area contributed by atoms with E-state index in [0.29, 0.717) is 0 Å². The molecule has 0 radical (unpaired) electrons. The highest BCUT2D eigenvalue weighted by molar-refractivity contribution is 5.39. The van der Waals surface area contributed by atoms with Gasteiger partial charge in [-0.05, 0) is 74.6 Å². The molecule has 1 heteroatoms. The maximum absolute atomic E-state index is 11.2. The minimum absolute atomic E-state index is 0.592. The van der Waals surface area contributed by atoms with Gasteiger partial charge in [-0.15, -0.1) is 0 Å². The van der Waals surface area contributed by atoms with Gasteiger partial charge < -0.3 is 5.11 Å². The number of rotatable bonds is 3. The first kappa shape index (κ1) is 15.6. The van der Waals surface area contributed by atoms with Crippen molar-refractivity contribution in [2.24, 2.45) is 5.92 Å². The Hall–Kier alpha value is -0.820. The zero-order chi connectivity index (χ0) is 14.8. The Morgan fingerprint density at radius 3 is 2.45 bits per heavy atom. The maximum atomic E-state index is 11.2. The van der Waals surface area contributed by atoms with Crippen molar-refractivity contribution >= 4 is 0 Å². The average Bonchev–Trinajstić information content (AvgIpc) is 2.58. The topological polar surface area (TPSA) is 20.2 Å². The number of hydrogen-bond donors (Lipinski definition) is 1. The molecule has 1 aromatic rings. The highest BCUT2D eigenvalue weighted by Gasteiger charge is 2.33. The van der Waals surface area contributed by atoms with Crippen LogP contribution in [-0.4, -0.2) is 5.11 Å². The minimum atomic E-state index is -0.592. The van der Waals surface area contributed by atoms with Gasteiger partial charge in [-0.1, -0.05) is 38.3 Å². The summed E-state index contributed by atoms with van der Waals surface area (Å²) in [7, 11) is 0. The number of aryl methyl sites for hydroxylation is 3. The van der Waals surface area contributed by atoms with Gasteiger partial charge in [-0.3, -0.25) is 0 Å². The molecule has 0 bridgehead atoms. The Kier molecular flexibility index (Phi) is 4.90. The lowest BCUT2D eigenvalue weighted by Gasteiger charge is -2.30. The van der Waals surface area contributed by atoms with Crippen LogP contribution in [0.1, 0.15) is 74.1 Å². The predicted octanol–water partition coefficient (Wildman–Crippen LogP) is 5.18. The number of hydrogen-bond acceptors (Lipinski definition) is 1. The molecule has 1 saturated carbocycles. The molecule has 0 heterocycles. The standard InChI is InChI=1S/C19H30O/c1-5-7-17-8-6-10-19(20,11-9-17)18-13-15(3)14(2)12-16(18)4/h12-13,17,20H,5-11H2,1-4H3. The Bertz CT molecular complexity index is 463. The van der Waals surface area contributed by atoms with Gasteiger partial charge in [-0.25, -0.2) is 0 Å². The molecular weight excluding hydrogens is 244 g/mol. The average molecular weight is 274 g/mol. The molecule has 112 valence electrons. The maximum Gasteiger partial charge on any atom is 0.0899 e. The summed E-state index contributed by atoms with van der Waals surface area (Å²) in [6.45, 7) is 8.72. The summed E-state index contributed by atoms with van der Waals surface area (Å²) >= 11 is 0. The van der Waals surface area contributed by atoms with E-state index in [1.165, 1.54) is 47.9 Å². The Balaban J connectivity index is 2.24. The van der Waals surface area contributed by atoms with Gasteiger partial charge in [0, 0.05) is 0 Å². The fourth-order valence-corrected chi connectivity index (χ4v) is 3.82. The summed E-state index contributed by atoms with van der Waals surface area (Å²) in [6.07, 6.45) is 8.08. The van der Waals surface area contributed by atoms with E-state index in [-0.39, 0.29) is 0 Å². The summed E-state index contributed by atoms with van der Waals surface area (Å²) < 4.78 is 0. The van der Waals surface area contributed by atoms with Crippen LogP contribution in [-0.2, 0) is 5.60 Å². The molecule has 1 N–H and O–H groups in total. The van der Waals surface area contributed by atoms with Gasteiger partial charge in [0.2, 0.25) is 0 Å². The van der Waals surface area contributed by atoms with E-state index >= 15 is 0 Å². The molecule has 2 atom stereocenters. The molecule has 2 unspecified atom stereocenters. The van der Waals surface area contributed by atoms with E-state index in [1.54, 1.807) is 0 Å². The van der Waals surface area contributed by atoms with Crippen molar-refractivity contribution < 1.29 is 5.11 Å². The highest BCUT2D eigenvalue weighted by Crippen LogP contribution is 2.40. The monoisotopic (exact) mass is 274 g/mol. The second-order valence-corrected chi connectivity index (χ2v) is 6.87. The normalized spacial score (nSPS) is 27.4. The van der Waals surface area contributed by atoms with Gasteiger partial charge in [0.1, 0.15) is 0 Å². The molecule has 2 rings (SSSR count). The largest absolute Gasteiger partial charge is 0.385 e. The molecule has 1 aliphatic rings. The Labute approximate surface area is 124 Å². The molecule has 1 fully saturated rings. The van der Waals surface area contributed by atoms with E-state index in [9.17, 15) is 5.11 Å². The zero-order valence-electron chi connectivity index (χ0n) is 13.6. The third kappa shape index (κ3) is 3.25. The van der Waals surface area contributed by atoms with Crippen molar-refractivity contribution in [3.8, 4) is 0 Å². The molecule has 0 amide bonds. The third-order valence-electron chi connectivity index (χ3n) is 5.21. The van der Waals surface area contributed by atoms with Crippen molar-refractivity contribution in [3.63, 3.8) is 0 Å². The Morgan fingerprint density at radius 2 is 1.75 bits per heavy atom. The van der Waals surface area contributed by atoms with Crippen LogP contribution < -0.4 is 0 Å². The van der Waals surface area contributed by atoms with Crippen LogP contribution in [0.2, 0.25) is 0 Å². The molecule has 1 aromatic carbocycles. The zero-order valence-corrected chi connectivity index (χ0v) is 13.6. The first-order valence-corrected chi connectivity index (χ1v) is 8.27. The molecule has 0 aromatic heterocycles. The minimum Gasteiger partial charge on any atom is -0.385 e. The summed E-state index contributed by atoms with van der Waals surface area (Å²) in [5, 5.41) is 11.2. The molecule has 0 aliphatic heterocycles. The van der Waals surface area contributed by atoms with Gasteiger partial charge in [-0.2, -0.15) is 0 Å². The van der Waals surface area contributed by atoms with Crippen LogP contribution in [0, 0.1) is 26.7 Å². The molecule has 0 spiro atoms. The smallest absolute Gasteiger partial charge is 0.0899 e. The predicted molar refractivity (Wildman–Crippen MR) is 86.0 cm³/mol. The van der Waals surface area contributed by atoms with Crippen molar-refractivity contribution in [1.82, 2.24) is 0 Å². The lowest BCUT2D eigenvalue weighted by atomic mass is 9.82. The number of aliphatic hydroxyl groups is 1. The first-order valence-electron chi connectivity index (χ1n) is 8.27. The highest BCUT2D eigenvalue weighted by atomic mass is 16.3. The van der Waals surface area contributed by atoms with Crippen LogP contribution >= 0.6 is 0 Å². The quantitative estimate of drug-likeness (QED) is 0.753. The van der Waals surface area contributed by atoms with Crippen LogP contribution in [0.25, 0.3) is 0 Å². The lowest BCUT2D eigenvalue weighted by Crippen LogP contribution is -2.26. The molecule has 0 saturated heterocycles. The Morgan fingerprint density at radius 1 is 1.05 bits per heavy atom. The molecule has 1 nitrogen and oxygen atoms in total. The van der Waals surface area contributed by atoms with Crippen LogP contribution in [0.3, 0.4) is 0 Å². The SMILES string of the molecule is CCCC1CCCC(O)(c2cc(C)c(C)cc2C)CC1. The van der Waals surface area contributed by atoms with Crippen molar-refractivity contribution in [2.45, 2.75) is 78.2 Å².